The molecule has 33 heavy (non-hydrogen) atoms. The van der Waals surface area contributed by atoms with Gasteiger partial charge in [-0.1, -0.05) is 39.8 Å². The Bertz CT molecular complexity index is 1400. The zero-order chi connectivity index (χ0) is 23.6. The molecule has 4 rings (SSSR count). The van der Waals surface area contributed by atoms with E-state index in [0.29, 0.717) is 5.69 Å². The Kier molecular flexibility index (Phi) is 7.15. The van der Waals surface area contributed by atoms with Crippen LogP contribution >= 0.6 is 39.0 Å². The highest BCUT2D eigenvalue weighted by molar-refractivity contribution is 9.10. The molecule has 2 aromatic heterocycles. The molecule has 0 aliphatic carbocycles. The minimum Gasteiger partial charge on any atom is -0.325 e. The van der Waals surface area contributed by atoms with Gasteiger partial charge in [0, 0.05) is 35.2 Å². The van der Waals surface area contributed by atoms with Gasteiger partial charge in [0.2, 0.25) is 15.9 Å². The summed E-state index contributed by atoms with van der Waals surface area (Å²) < 4.78 is 26.5. The van der Waals surface area contributed by atoms with Crippen molar-refractivity contribution >= 4 is 70.9 Å². The Morgan fingerprint density at radius 1 is 1.09 bits per heavy atom. The van der Waals surface area contributed by atoms with Crippen LogP contribution < -0.4 is 5.32 Å². The summed E-state index contributed by atoms with van der Waals surface area (Å²) in [6.07, 6.45) is 1.51. The van der Waals surface area contributed by atoms with Crippen LogP contribution in [0, 0.1) is 0 Å². The number of hydrogen-bond donors (Lipinski definition) is 1. The van der Waals surface area contributed by atoms with Crippen LogP contribution in [-0.4, -0.2) is 48.4 Å². The first-order valence-electron chi connectivity index (χ1n) is 9.69. The van der Waals surface area contributed by atoms with E-state index < -0.39 is 10.0 Å². The van der Waals surface area contributed by atoms with Gasteiger partial charge in [-0.25, -0.2) is 22.7 Å². The number of nitrogens with one attached hydrogen (secondary N) is 1. The van der Waals surface area contributed by atoms with E-state index in [1.165, 1.54) is 55.7 Å². The smallest absolute Gasteiger partial charge is 0.242 e. The van der Waals surface area contributed by atoms with Crippen molar-refractivity contribution in [2.24, 2.45) is 0 Å². The molecular weight excluding hydrogens is 544 g/mol. The van der Waals surface area contributed by atoms with Gasteiger partial charge >= 0.3 is 0 Å². The molecule has 0 radical (unpaired) electrons. The van der Waals surface area contributed by atoms with Gasteiger partial charge in [-0.2, -0.15) is 0 Å². The maximum atomic E-state index is 12.5. The first kappa shape index (κ1) is 23.8. The number of anilines is 1. The van der Waals surface area contributed by atoms with E-state index in [1.54, 1.807) is 12.1 Å². The fraction of sp³-hybridized carbons (Fsp3) is 0.136. The van der Waals surface area contributed by atoms with Crippen molar-refractivity contribution in [3.63, 3.8) is 0 Å². The van der Waals surface area contributed by atoms with Crippen LogP contribution in [0.25, 0.3) is 21.3 Å². The van der Waals surface area contributed by atoms with E-state index in [1.807, 2.05) is 24.3 Å². The third-order valence-corrected chi connectivity index (χ3v) is 8.98. The molecule has 0 aliphatic rings. The van der Waals surface area contributed by atoms with E-state index in [4.69, 9.17) is 0 Å². The highest BCUT2D eigenvalue weighted by atomic mass is 79.9. The number of thioether (sulfide) groups is 1. The number of carbonyl (C=O) groups excluding carboxylic acids is 1. The average Bonchev–Trinajstić information content (AvgIpc) is 3.23. The van der Waals surface area contributed by atoms with Crippen molar-refractivity contribution in [1.82, 2.24) is 14.3 Å². The number of fused-ring (bicyclic) bond motifs is 1. The predicted molar refractivity (Wildman–Crippen MR) is 137 cm³/mol. The van der Waals surface area contributed by atoms with Crippen LogP contribution in [0.15, 0.2) is 74.6 Å². The molecule has 1 N–H and O–H groups in total. The summed E-state index contributed by atoms with van der Waals surface area (Å²) in [5.74, 6) is -0.0603. The van der Waals surface area contributed by atoms with E-state index in [2.05, 4.69) is 36.6 Å². The number of sulfonamides is 1. The second kappa shape index (κ2) is 9.90. The minimum atomic E-state index is -3.51. The fourth-order valence-corrected chi connectivity index (χ4v) is 6.01. The van der Waals surface area contributed by atoms with Gasteiger partial charge in [0.25, 0.3) is 0 Å². The number of hydrogen-bond acceptors (Lipinski definition) is 7. The lowest BCUT2D eigenvalue weighted by Crippen LogP contribution is -2.22. The van der Waals surface area contributed by atoms with Crippen LogP contribution in [0.3, 0.4) is 0 Å². The van der Waals surface area contributed by atoms with Crippen molar-refractivity contribution in [1.29, 1.82) is 0 Å². The van der Waals surface area contributed by atoms with E-state index in [9.17, 15) is 13.2 Å². The Balaban J connectivity index is 1.48. The fourth-order valence-electron chi connectivity index (χ4n) is 3.05. The quantitative estimate of drug-likeness (QED) is 0.249. The largest absolute Gasteiger partial charge is 0.325 e. The molecule has 0 saturated heterocycles. The van der Waals surface area contributed by atoms with E-state index in [0.717, 1.165) is 35.1 Å². The van der Waals surface area contributed by atoms with Crippen molar-refractivity contribution in [3.05, 3.63) is 64.7 Å². The number of benzene rings is 2. The normalized spacial score (nSPS) is 11.8. The van der Waals surface area contributed by atoms with Gasteiger partial charge in [-0.05, 0) is 42.0 Å². The molecule has 0 atom stereocenters. The lowest BCUT2D eigenvalue weighted by molar-refractivity contribution is -0.113. The standard InChI is InChI=1S/C22H19BrN4O3S3/c1-27(2)33(29,30)17-9-7-16(8-10-17)26-19(28)12-32-22-20-18(11-31-21(20)24-13-25-22)14-3-5-15(23)6-4-14/h3-11,13H,12H2,1-2H3,(H,26,28). The molecule has 2 aromatic carbocycles. The Morgan fingerprint density at radius 2 is 1.79 bits per heavy atom. The lowest BCUT2D eigenvalue weighted by Gasteiger charge is -2.12. The van der Waals surface area contributed by atoms with Crippen LogP contribution in [0.2, 0.25) is 0 Å². The van der Waals surface area contributed by atoms with Gasteiger partial charge < -0.3 is 5.32 Å². The molecule has 170 valence electrons. The van der Waals surface area contributed by atoms with Crippen molar-refractivity contribution in [2.75, 3.05) is 25.2 Å². The average molecular weight is 564 g/mol. The topological polar surface area (TPSA) is 92.3 Å². The first-order chi connectivity index (χ1) is 15.8. The maximum absolute atomic E-state index is 12.5. The van der Waals surface area contributed by atoms with Crippen LogP contribution in [0.1, 0.15) is 0 Å². The van der Waals surface area contributed by atoms with Gasteiger partial charge in [-0.15, -0.1) is 11.3 Å². The first-order valence-corrected chi connectivity index (χ1v) is 13.8. The summed E-state index contributed by atoms with van der Waals surface area (Å²) in [4.78, 5) is 22.4. The Labute approximate surface area is 208 Å². The Morgan fingerprint density at radius 3 is 2.45 bits per heavy atom. The van der Waals surface area contributed by atoms with Crippen molar-refractivity contribution in [2.45, 2.75) is 9.92 Å². The molecule has 0 fully saturated rings. The zero-order valence-corrected chi connectivity index (χ0v) is 21.7. The summed E-state index contributed by atoms with van der Waals surface area (Å²) in [6, 6.07) is 14.1. The number of halogens is 1. The molecule has 1 amide bonds. The van der Waals surface area contributed by atoms with Gasteiger partial charge in [-0.3, -0.25) is 4.79 Å². The monoisotopic (exact) mass is 562 g/mol. The second-order valence-corrected chi connectivity index (χ2v) is 12.1. The molecule has 0 aliphatic heterocycles. The van der Waals surface area contributed by atoms with Crippen molar-refractivity contribution < 1.29 is 13.2 Å². The van der Waals surface area contributed by atoms with E-state index >= 15 is 0 Å². The SMILES string of the molecule is CN(C)S(=O)(=O)c1ccc(NC(=O)CSc2ncnc3scc(-c4ccc(Br)cc4)c23)cc1. The molecule has 7 nitrogen and oxygen atoms in total. The summed E-state index contributed by atoms with van der Waals surface area (Å²) in [6.45, 7) is 0. The molecule has 11 heteroatoms. The number of amides is 1. The maximum Gasteiger partial charge on any atom is 0.242 e. The molecule has 0 bridgehead atoms. The highest BCUT2D eigenvalue weighted by Crippen LogP contribution is 2.38. The molecule has 0 unspecified atom stereocenters. The molecular formula is C22H19BrN4O3S3. The number of carbonyl (C=O) groups is 1. The third kappa shape index (κ3) is 5.28. The molecule has 0 saturated carbocycles. The third-order valence-electron chi connectivity index (χ3n) is 4.75. The van der Waals surface area contributed by atoms with Crippen molar-refractivity contribution in [3.8, 4) is 11.1 Å². The molecule has 2 heterocycles. The minimum absolute atomic E-state index is 0.152. The van der Waals surface area contributed by atoms with Gasteiger partial charge in [0.1, 0.15) is 16.2 Å². The predicted octanol–water partition coefficient (Wildman–Crippen LogP) is 5.10. The summed E-state index contributed by atoms with van der Waals surface area (Å²) in [5.41, 5.74) is 2.61. The number of thiophene rings is 1. The molecule has 4 aromatic rings. The van der Waals surface area contributed by atoms with Crippen LogP contribution in [-0.2, 0) is 14.8 Å². The highest BCUT2D eigenvalue weighted by Gasteiger charge is 2.17. The number of rotatable bonds is 7. The number of nitrogens with zero attached hydrogens (tertiary/aromatic N) is 3. The second-order valence-electron chi connectivity index (χ2n) is 7.16. The van der Waals surface area contributed by atoms with Crippen LogP contribution in [0.5, 0.6) is 0 Å². The zero-order valence-electron chi connectivity index (χ0n) is 17.6. The summed E-state index contributed by atoms with van der Waals surface area (Å²) in [5, 5.41) is 6.52. The Hall–Kier alpha value is -2.31. The van der Waals surface area contributed by atoms with Gasteiger partial charge in [0.05, 0.1) is 16.0 Å². The lowest BCUT2D eigenvalue weighted by atomic mass is 10.1. The van der Waals surface area contributed by atoms with Gasteiger partial charge in [0.15, 0.2) is 0 Å². The number of aromatic nitrogens is 2. The van der Waals surface area contributed by atoms with Crippen LogP contribution in [0.4, 0.5) is 5.69 Å². The van der Waals surface area contributed by atoms with E-state index in [-0.39, 0.29) is 16.6 Å². The summed E-state index contributed by atoms with van der Waals surface area (Å²) in [7, 11) is -0.564. The summed E-state index contributed by atoms with van der Waals surface area (Å²) >= 11 is 6.34. The molecule has 0 spiro atoms.